The van der Waals surface area contributed by atoms with Crippen molar-refractivity contribution in [2.45, 2.75) is 13.0 Å². The summed E-state index contributed by atoms with van der Waals surface area (Å²) in [5.41, 5.74) is 0. The van der Waals surface area contributed by atoms with Gasteiger partial charge in [-0.2, -0.15) is 16.7 Å². The molecule has 0 aromatic carbocycles. The van der Waals surface area contributed by atoms with E-state index >= 15 is 0 Å². The minimum Gasteiger partial charge on any atom is -0.365 e. The van der Waals surface area contributed by atoms with E-state index in [9.17, 15) is 0 Å². The Morgan fingerprint density at radius 2 is 2.29 bits per heavy atom. The Morgan fingerprint density at radius 1 is 1.57 bits per heavy atom. The van der Waals surface area contributed by atoms with Crippen molar-refractivity contribution < 1.29 is 0 Å². The second-order valence-corrected chi connectivity index (χ2v) is 4.49. The summed E-state index contributed by atoms with van der Waals surface area (Å²) in [5.74, 6) is 1.58. The second kappa shape index (κ2) is 5.63. The van der Waals surface area contributed by atoms with Crippen LogP contribution in [0.2, 0.25) is 10.3 Å². The van der Waals surface area contributed by atoms with Gasteiger partial charge in [-0.05, 0) is 24.8 Å². The van der Waals surface area contributed by atoms with Gasteiger partial charge in [0, 0.05) is 11.8 Å². The molecule has 0 bridgehead atoms. The molecule has 1 rings (SSSR count). The fourth-order valence-electron chi connectivity index (χ4n) is 0.972. The minimum absolute atomic E-state index is 0.202. The first-order valence-corrected chi connectivity index (χ1v) is 6.22. The fourth-order valence-corrected chi connectivity index (χ4v) is 1.83. The van der Waals surface area contributed by atoms with Crippen LogP contribution < -0.4 is 5.32 Å². The predicted octanol–water partition coefficient (Wildman–Crippen LogP) is 2.95. The summed E-state index contributed by atoms with van der Waals surface area (Å²) >= 11 is 13.3. The first-order valence-electron chi connectivity index (χ1n) is 4.07. The lowest BCUT2D eigenvalue weighted by Crippen LogP contribution is -2.18. The summed E-state index contributed by atoms with van der Waals surface area (Å²) in [7, 11) is 0. The molecular weight excluding hydrogens is 241 g/mol. The van der Waals surface area contributed by atoms with E-state index in [1.54, 1.807) is 11.8 Å². The van der Waals surface area contributed by atoms with Gasteiger partial charge in [0.15, 0.2) is 0 Å². The zero-order chi connectivity index (χ0) is 10.6. The highest BCUT2D eigenvalue weighted by molar-refractivity contribution is 7.98. The summed E-state index contributed by atoms with van der Waals surface area (Å²) < 4.78 is 0. The average molecular weight is 252 g/mol. The number of hydrogen-bond acceptors (Lipinski definition) is 4. The van der Waals surface area contributed by atoms with E-state index in [1.807, 2.05) is 6.26 Å². The lowest BCUT2D eigenvalue weighted by Gasteiger charge is -2.13. The van der Waals surface area contributed by atoms with E-state index in [4.69, 9.17) is 23.2 Å². The predicted molar refractivity (Wildman–Crippen MR) is 63.5 cm³/mol. The third kappa shape index (κ3) is 3.52. The minimum atomic E-state index is 0.202. The number of aromatic nitrogens is 2. The number of rotatable bonds is 4. The first-order chi connectivity index (χ1) is 6.63. The molecule has 3 nitrogen and oxygen atoms in total. The van der Waals surface area contributed by atoms with E-state index in [1.165, 1.54) is 6.20 Å². The molecule has 0 amide bonds. The van der Waals surface area contributed by atoms with Crippen LogP contribution in [0.3, 0.4) is 0 Å². The fraction of sp³-hybridized carbons (Fsp3) is 0.500. The molecule has 1 atom stereocenters. The van der Waals surface area contributed by atoms with Crippen LogP contribution in [0.15, 0.2) is 6.20 Å². The molecule has 0 aliphatic rings. The largest absolute Gasteiger partial charge is 0.365 e. The van der Waals surface area contributed by atoms with Gasteiger partial charge in [0.25, 0.3) is 0 Å². The van der Waals surface area contributed by atoms with Crippen molar-refractivity contribution >= 4 is 40.8 Å². The maximum absolute atomic E-state index is 5.89. The highest BCUT2D eigenvalue weighted by atomic mass is 35.5. The van der Waals surface area contributed by atoms with E-state index in [0.29, 0.717) is 16.9 Å². The molecule has 0 radical (unpaired) electrons. The lowest BCUT2D eigenvalue weighted by molar-refractivity contribution is 0.900. The monoisotopic (exact) mass is 251 g/mol. The number of nitrogens with zero attached hydrogens (tertiary/aromatic N) is 2. The Kier molecular flexibility index (Phi) is 4.78. The molecule has 0 saturated carbocycles. The molecule has 6 heteroatoms. The van der Waals surface area contributed by atoms with Crippen molar-refractivity contribution in [3.63, 3.8) is 0 Å². The van der Waals surface area contributed by atoms with Gasteiger partial charge in [-0.25, -0.2) is 4.98 Å². The molecule has 1 N–H and O–H groups in total. The summed E-state index contributed by atoms with van der Waals surface area (Å²) in [6.07, 6.45) is 3.54. The van der Waals surface area contributed by atoms with Crippen LogP contribution in [0.25, 0.3) is 0 Å². The van der Waals surface area contributed by atoms with Crippen molar-refractivity contribution in [1.29, 1.82) is 0 Å². The number of nitrogens with one attached hydrogen (secondary N) is 1. The zero-order valence-corrected chi connectivity index (χ0v) is 10.2. The van der Waals surface area contributed by atoms with E-state index in [-0.39, 0.29) is 5.28 Å². The molecule has 0 aliphatic carbocycles. The number of halogens is 2. The quantitative estimate of drug-likeness (QED) is 0.836. The third-order valence-electron chi connectivity index (χ3n) is 1.51. The van der Waals surface area contributed by atoms with Crippen LogP contribution >= 0.6 is 35.0 Å². The normalized spacial score (nSPS) is 12.6. The highest BCUT2D eigenvalue weighted by Crippen LogP contribution is 2.20. The standard InChI is InChI=1S/C8H11Cl2N3S/c1-5(4-14-2)12-7-6(9)3-11-8(10)13-7/h3,5H,4H2,1-2H3,(H,11,12,13). The lowest BCUT2D eigenvalue weighted by atomic mass is 10.4. The Balaban J connectivity index is 2.70. The molecule has 1 aromatic heterocycles. The topological polar surface area (TPSA) is 37.8 Å². The van der Waals surface area contributed by atoms with Gasteiger partial charge in [0.05, 0.1) is 6.20 Å². The molecule has 78 valence electrons. The maximum atomic E-state index is 5.89. The summed E-state index contributed by atoms with van der Waals surface area (Å²) in [6, 6.07) is 0.300. The van der Waals surface area contributed by atoms with Crippen molar-refractivity contribution in [2.24, 2.45) is 0 Å². The molecule has 0 aliphatic heterocycles. The molecular formula is C8H11Cl2N3S. The van der Waals surface area contributed by atoms with E-state index in [2.05, 4.69) is 22.2 Å². The average Bonchev–Trinajstić information content (AvgIpc) is 2.12. The highest BCUT2D eigenvalue weighted by Gasteiger charge is 2.07. The van der Waals surface area contributed by atoms with Crippen molar-refractivity contribution in [3.05, 3.63) is 16.5 Å². The van der Waals surface area contributed by atoms with E-state index < -0.39 is 0 Å². The maximum Gasteiger partial charge on any atom is 0.224 e. The SMILES string of the molecule is CSCC(C)Nc1nc(Cl)ncc1Cl. The molecule has 1 heterocycles. The molecule has 1 aromatic rings. The van der Waals surface area contributed by atoms with Crippen LogP contribution in [0, 0.1) is 0 Å². The van der Waals surface area contributed by atoms with Crippen molar-refractivity contribution in [1.82, 2.24) is 9.97 Å². The number of hydrogen-bond donors (Lipinski definition) is 1. The van der Waals surface area contributed by atoms with Crippen molar-refractivity contribution in [2.75, 3.05) is 17.3 Å². The Bertz CT molecular complexity index is 309. The van der Waals surface area contributed by atoms with E-state index in [0.717, 1.165) is 5.75 Å². The van der Waals surface area contributed by atoms with Crippen LogP contribution in [-0.4, -0.2) is 28.0 Å². The Labute approximate surface area is 97.6 Å². The number of thioether (sulfide) groups is 1. The zero-order valence-electron chi connectivity index (χ0n) is 7.92. The molecule has 0 saturated heterocycles. The first kappa shape index (κ1) is 11.9. The molecule has 14 heavy (non-hydrogen) atoms. The molecule has 0 spiro atoms. The van der Waals surface area contributed by atoms with Crippen LogP contribution in [0.4, 0.5) is 5.82 Å². The van der Waals surface area contributed by atoms with Gasteiger partial charge in [-0.3, -0.25) is 0 Å². The van der Waals surface area contributed by atoms with Gasteiger partial charge in [-0.1, -0.05) is 11.6 Å². The summed E-state index contributed by atoms with van der Waals surface area (Å²) in [5, 5.41) is 3.85. The number of anilines is 1. The van der Waals surface area contributed by atoms with Crippen LogP contribution in [-0.2, 0) is 0 Å². The van der Waals surface area contributed by atoms with Gasteiger partial charge in [0.2, 0.25) is 5.28 Å². The van der Waals surface area contributed by atoms with Crippen LogP contribution in [0.5, 0.6) is 0 Å². The molecule has 1 unspecified atom stereocenters. The smallest absolute Gasteiger partial charge is 0.224 e. The summed E-state index contributed by atoms with van der Waals surface area (Å²) in [4.78, 5) is 7.77. The van der Waals surface area contributed by atoms with Crippen molar-refractivity contribution in [3.8, 4) is 0 Å². The van der Waals surface area contributed by atoms with Gasteiger partial charge in [-0.15, -0.1) is 0 Å². The Hall–Kier alpha value is -0.190. The summed E-state index contributed by atoms with van der Waals surface area (Å²) in [6.45, 7) is 2.06. The van der Waals surface area contributed by atoms with Crippen LogP contribution in [0.1, 0.15) is 6.92 Å². The van der Waals surface area contributed by atoms with Gasteiger partial charge >= 0.3 is 0 Å². The van der Waals surface area contributed by atoms with Gasteiger partial charge < -0.3 is 5.32 Å². The second-order valence-electron chi connectivity index (χ2n) is 2.84. The Morgan fingerprint density at radius 3 is 2.93 bits per heavy atom. The molecule has 0 fully saturated rings. The van der Waals surface area contributed by atoms with Gasteiger partial charge in [0.1, 0.15) is 10.8 Å². The third-order valence-corrected chi connectivity index (χ3v) is 2.81.